The van der Waals surface area contributed by atoms with Gasteiger partial charge in [-0.25, -0.2) is 0 Å². The number of hydrogen-bond acceptors (Lipinski definition) is 7. The summed E-state index contributed by atoms with van der Waals surface area (Å²) in [6.45, 7) is 1.84. The fraction of sp³-hybridized carbons (Fsp3) is 0.538. The van der Waals surface area contributed by atoms with Crippen LogP contribution in [-0.4, -0.2) is 26.4 Å². The summed E-state index contributed by atoms with van der Waals surface area (Å²) in [6, 6.07) is 2.26. The Morgan fingerprint density at radius 1 is 1.20 bits per heavy atom. The minimum atomic E-state index is 0.454. The van der Waals surface area contributed by atoms with Gasteiger partial charge in [-0.1, -0.05) is 24.4 Å². The van der Waals surface area contributed by atoms with Gasteiger partial charge in [0.1, 0.15) is 5.76 Å². The molecule has 2 N–H and O–H groups in total. The monoisotopic (exact) mass is 274 g/mol. The van der Waals surface area contributed by atoms with Gasteiger partial charge in [0.05, 0.1) is 6.20 Å². The van der Waals surface area contributed by atoms with Gasteiger partial charge in [-0.3, -0.25) is 0 Å². The highest BCUT2D eigenvalue weighted by molar-refractivity contribution is 5.51. The van der Waals surface area contributed by atoms with Crippen LogP contribution in [-0.2, 0) is 0 Å². The van der Waals surface area contributed by atoms with Crippen molar-refractivity contribution >= 4 is 17.6 Å². The van der Waals surface area contributed by atoms with Crippen molar-refractivity contribution in [3.63, 3.8) is 0 Å². The van der Waals surface area contributed by atoms with E-state index in [2.05, 4.69) is 31.0 Å². The first kappa shape index (κ1) is 12.8. The molecule has 0 atom stereocenters. The van der Waals surface area contributed by atoms with Gasteiger partial charge in [-0.05, 0) is 19.8 Å². The molecule has 7 heteroatoms. The number of nitrogens with zero attached hydrogens (tertiary/aromatic N) is 4. The standard InChI is InChI=1S/C13H18N6O/c1-9-7-11(19-20-9)16-12-8-14-18-13(17-12)15-10-5-3-2-4-6-10/h7-8,10H,2-6H2,1H3,(H2,15,16,17,18,19). The lowest BCUT2D eigenvalue weighted by Gasteiger charge is -2.22. The average molecular weight is 274 g/mol. The molecule has 1 fully saturated rings. The number of hydrogen-bond donors (Lipinski definition) is 2. The Morgan fingerprint density at radius 3 is 2.80 bits per heavy atom. The average Bonchev–Trinajstić information content (AvgIpc) is 2.86. The van der Waals surface area contributed by atoms with Gasteiger partial charge in [0, 0.05) is 12.1 Å². The van der Waals surface area contributed by atoms with Crippen LogP contribution in [0.2, 0.25) is 0 Å². The fourth-order valence-electron chi connectivity index (χ4n) is 2.41. The number of rotatable bonds is 4. The fourth-order valence-corrected chi connectivity index (χ4v) is 2.41. The molecule has 106 valence electrons. The molecule has 1 aliphatic carbocycles. The Morgan fingerprint density at radius 2 is 2.05 bits per heavy atom. The van der Waals surface area contributed by atoms with Crippen LogP contribution in [0, 0.1) is 6.92 Å². The molecule has 0 aliphatic heterocycles. The zero-order valence-corrected chi connectivity index (χ0v) is 11.5. The number of nitrogens with one attached hydrogen (secondary N) is 2. The van der Waals surface area contributed by atoms with E-state index in [0.29, 0.717) is 23.6 Å². The largest absolute Gasteiger partial charge is 0.360 e. The third-order valence-electron chi connectivity index (χ3n) is 3.38. The Balaban J connectivity index is 1.65. The minimum Gasteiger partial charge on any atom is -0.360 e. The summed E-state index contributed by atoms with van der Waals surface area (Å²) in [6.07, 6.45) is 7.76. The van der Waals surface area contributed by atoms with Crippen molar-refractivity contribution < 1.29 is 4.52 Å². The Hall–Kier alpha value is -2.18. The second-order valence-corrected chi connectivity index (χ2v) is 5.09. The molecule has 0 aromatic carbocycles. The van der Waals surface area contributed by atoms with Crippen LogP contribution in [0.3, 0.4) is 0 Å². The zero-order chi connectivity index (χ0) is 13.8. The normalized spacial score (nSPS) is 16.1. The molecule has 1 aliphatic rings. The maximum Gasteiger partial charge on any atom is 0.244 e. The Bertz CT molecular complexity index is 563. The van der Waals surface area contributed by atoms with Crippen molar-refractivity contribution in [1.29, 1.82) is 0 Å². The summed E-state index contributed by atoms with van der Waals surface area (Å²) in [5.74, 6) is 2.52. The number of anilines is 3. The number of aromatic nitrogens is 4. The lowest BCUT2D eigenvalue weighted by atomic mass is 9.96. The lowest BCUT2D eigenvalue weighted by molar-refractivity contribution is 0.400. The zero-order valence-electron chi connectivity index (χ0n) is 11.5. The minimum absolute atomic E-state index is 0.454. The Kier molecular flexibility index (Phi) is 3.76. The van der Waals surface area contributed by atoms with Gasteiger partial charge in [-0.15, -0.1) is 5.10 Å². The van der Waals surface area contributed by atoms with Gasteiger partial charge in [0.2, 0.25) is 5.95 Å². The van der Waals surface area contributed by atoms with Crippen LogP contribution in [0.25, 0.3) is 0 Å². The van der Waals surface area contributed by atoms with Gasteiger partial charge in [0.25, 0.3) is 0 Å². The molecular formula is C13H18N6O. The van der Waals surface area contributed by atoms with E-state index < -0.39 is 0 Å². The molecule has 3 rings (SSSR count). The molecule has 0 unspecified atom stereocenters. The molecule has 0 bridgehead atoms. The molecule has 2 aromatic heterocycles. The van der Waals surface area contributed by atoms with Gasteiger partial charge in [-0.2, -0.15) is 10.1 Å². The van der Waals surface area contributed by atoms with Crippen LogP contribution >= 0.6 is 0 Å². The predicted octanol–water partition coefficient (Wildman–Crippen LogP) is 2.66. The van der Waals surface area contributed by atoms with E-state index in [1.54, 1.807) is 12.3 Å². The molecule has 2 heterocycles. The molecule has 2 aromatic rings. The molecule has 0 radical (unpaired) electrons. The van der Waals surface area contributed by atoms with E-state index in [1.807, 2.05) is 6.92 Å². The second-order valence-electron chi connectivity index (χ2n) is 5.09. The summed E-state index contributed by atoms with van der Waals surface area (Å²) >= 11 is 0. The third-order valence-corrected chi connectivity index (χ3v) is 3.38. The van der Waals surface area contributed by atoms with E-state index in [-0.39, 0.29) is 0 Å². The van der Waals surface area contributed by atoms with Crippen molar-refractivity contribution in [2.45, 2.75) is 45.1 Å². The van der Waals surface area contributed by atoms with Crippen molar-refractivity contribution in [2.75, 3.05) is 10.6 Å². The molecule has 1 saturated carbocycles. The lowest BCUT2D eigenvalue weighted by Crippen LogP contribution is -2.23. The van der Waals surface area contributed by atoms with Crippen LogP contribution in [0.15, 0.2) is 16.8 Å². The predicted molar refractivity (Wildman–Crippen MR) is 74.8 cm³/mol. The highest BCUT2D eigenvalue weighted by Crippen LogP contribution is 2.20. The number of aryl methyl sites for hydroxylation is 1. The van der Waals surface area contributed by atoms with Gasteiger partial charge >= 0.3 is 0 Å². The van der Waals surface area contributed by atoms with Crippen molar-refractivity contribution in [3.05, 3.63) is 18.0 Å². The highest BCUT2D eigenvalue weighted by atomic mass is 16.5. The van der Waals surface area contributed by atoms with E-state index in [4.69, 9.17) is 4.52 Å². The Labute approximate surface area is 117 Å². The maximum atomic E-state index is 5.00. The van der Waals surface area contributed by atoms with Gasteiger partial charge < -0.3 is 15.2 Å². The summed E-state index contributed by atoms with van der Waals surface area (Å²) in [5.41, 5.74) is 0. The molecular weight excluding hydrogens is 256 g/mol. The first-order chi connectivity index (χ1) is 9.79. The van der Waals surface area contributed by atoms with E-state index in [9.17, 15) is 0 Å². The first-order valence-corrected chi connectivity index (χ1v) is 6.96. The van der Waals surface area contributed by atoms with E-state index in [0.717, 1.165) is 5.76 Å². The summed E-state index contributed by atoms with van der Waals surface area (Å²) in [4.78, 5) is 4.39. The van der Waals surface area contributed by atoms with Crippen LogP contribution in [0.5, 0.6) is 0 Å². The van der Waals surface area contributed by atoms with Crippen molar-refractivity contribution in [2.24, 2.45) is 0 Å². The van der Waals surface area contributed by atoms with Crippen LogP contribution in [0.4, 0.5) is 17.6 Å². The quantitative estimate of drug-likeness (QED) is 0.885. The second kappa shape index (κ2) is 5.85. The topological polar surface area (TPSA) is 88.8 Å². The SMILES string of the molecule is Cc1cc(Nc2cnnc(NC3CCCCC3)n2)no1. The molecule has 0 saturated heterocycles. The maximum absolute atomic E-state index is 5.00. The smallest absolute Gasteiger partial charge is 0.244 e. The summed E-state index contributed by atoms with van der Waals surface area (Å²) in [5, 5.41) is 18.2. The first-order valence-electron chi connectivity index (χ1n) is 6.96. The van der Waals surface area contributed by atoms with E-state index >= 15 is 0 Å². The highest BCUT2D eigenvalue weighted by Gasteiger charge is 2.14. The molecule has 0 amide bonds. The molecule has 0 spiro atoms. The third kappa shape index (κ3) is 3.23. The van der Waals surface area contributed by atoms with Crippen molar-refractivity contribution in [1.82, 2.24) is 20.3 Å². The molecule has 7 nitrogen and oxygen atoms in total. The van der Waals surface area contributed by atoms with Gasteiger partial charge in [0.15, 0.2) is 11.6 Å². The van der Waals surface area contributed by atoms with Crippen LogP contribution < -0.4 is 10.6 Å². The van der Waals surface area contributed by atoms with Crippen molar-refractivity contribution in [3.8, 4) is 0 Å². The summed E-state index contributed by atoms with van der Waals surface area (Å²) < 4.78 is 5.00. The van der Waals surface area contributed by atoms with Crippen LogP contribution in [0.1, 0.15) is 37.9 Å². The van der Waals surface area contributed by atoms with E-state index in [1.165, 1.54) is 32.1 Å². The summed E-state index contributed by atoms with van der Waals surface area (Å²) in [7, 11) is 0. The molecule has 20 heavy (non-hydrogen) atoms.